The van der Waals surface area contributed by atoms with Gasteiger partial charge in [-0.25, -0.2) is 4.98 Å². The van der Waals surface area contributed by atoms with E-state index in [1.165, 1.54) is 10.6 Å². The Labute approximate surface area is 109 Å². The van der Waals surface area contributed by atoms with Crippen molar-refractivity contribution in [2.45, 2.75) is 46.7 Å². The molecule has 1 heterocycles. The molecule has 1 aromatic heterocycles. The number of nitrogens with one attached hydrogen (secondary N) is 1. The van der Waals surface area contributed by atoms with Crippen LogP contribution in [0.5, 0.6) is 0 Å². The molecular formula is C13H25N3S. The Bertz CT molecular complexity index is 342. The topological polar surface area (TPSA) is 28.2 Å². The summed E-state index contributed by atoms with van der Waals surface area (Å²) in [7, 11) is 4.11. The van der Waals surface area contributed by atoms with Crippen molar-refractivity contribution in [1.82, 2.24) is 10.3 Å². The van der Waals surface area contributed by atoms with Crippen LogP contribution in [-0.2, 0) is 13.0 Å². The summed E-state index contributed by atoms with van der Waals surface area (Å²) in [6, 6.07) is 0.520. The second-order valence-corrected chi connectivity index (χ2v) is 6.46. The highest BCUT2D eigenvalue weighted by Crippen LogP contribution is 2.26. The van der Waals surface area contributed by atoms with Crippen molar-refractivity contribution in [3.8, 4) is 0 Å². The van der Waals surface area contributed by atoms with E-state index in [9.17, 15) is 0 Å². The summed E-state index contributed by atoms with van der Waals surface area (Å²) in [6.45, 7) is 9.78. The molecule has 1 rings (SSSR count). The van der Waals surface area contributed by atoms with Crippen molar-refractivity contribution in [1.29, 1.82) is 0 Å². The largest absolute Gasteiger partial charge is 0.354 e. The van der Waals surface area contributed by atoms with E-state index in [-0.39, 0.29) is 0 Å². The zero-order chi connectivity index (χ0) is 13.0. The van der Waals surface area contributed by atoms with E-state index >= 15 is 0 Å². The number of aromatic nitrogens is 1. The molecule has 0 fully saturated rings. The van der Waals surface area contributed by atoms with Gasteiger partial charge in [0.1, 0.15) is 0 Å². The van der Waals surface area contributed by atoms with Gasteiger partial charge in [-0.05, 0) is 12.3 Å². The van der Waals surface area contributed by atoms with Crippen LogP contribution in [0.3, 0.4) is 0 Å². The first kappa shape index (κ1) is 14.5. The average Bonchev–Trinajstić information content (AvgIpc) is 2.57. The molecule has 0 aliphatic heterocycles. The van der Waals surface area contributed by atoms with E-state index in [1.807, 2.05) is 0 Å². The van der Waals surface area contributed by atoms with Crippen LogP contribution in [-0.4, -0.2) is 25.1 Å². The molecule has 0 aromatic carbocycles. The quantitative estimate of drug-likeness (QED) is 0.847. The van der Waals surface area contributed by atoms with Crippen LogP contribution in [0.15, 0.2) is 0 Å². The molecule has 17 heavy (non-hydrogen) atoms. The molecule has 4 heteroatoms. The minimum Gasteiger partial charge on any atom is -0.354 e. The van der Waals surface area contributed by atoms with Gasteiger partial charge in [0.05, 0.1) is 5.69 Å². The highest BCUT2D eigenvalue weighted by molar-refractivity contribution is 7.15. The molecule has 1 N–H and O–H groups in total. The first-order valence-corrected chi connectivity index (χ1v) is 7.11. The van der Waals surface area contributed by atoms with E-state index < -0.39 is 0 Å². The lowest BCUT2D eigenvalue weighted by Crippen LogP contribution is -2.22. The van der Waals surface area contributed by atoms with E-state index in [4.69, 9.17) is 4.98 Å². The van der Waals surface area contributed by atoms with Crippen molar-refractivity contribution in [3.05, 3.63) is 10.6 Å². The zero-order valence-corrected chi connectivity index (χ0v) is 12.7. The predicted octanol–water partition coefficient (Wildman–Crippen LogP) is 2.91. The smallest absolute Gasteiger partial charge is 0.185 e. The van der Waals surface area contributed by atoms with Gasteiger partial charge in [-0.15, -0.1) is 11.3 Å². The summed E-state index contributed by atoms with van der Waals surface area (Å²) in [5, 5.41) is 4.59. The summed E-state index contributed by atoms with van der Waals surface area (Å²) in [5.41, 5.74) is 1.27. The minimum absolute atomic E-state index is 0.520. The molecule has 0 radical (unpaired) electrons. The van der Waals surface area contributed by atoms with Gasteiger partial charge in [0.2, 0.25) is 0 Å². The van der Waals surface area contributed by atoms with E-state index in [0.29, 0.717) is 12.0 Å². The van der Waals surface area contributed by atoms with Gasteiger partial charge in [0.25, 0.3) is 0 Å². The molecule has 0 saturated carbocycles. The standard InChI is InChI=1S/C13H25N3S/c1-9(2)7-11-12(8-14-10(3)4)17-13(15-11)16(5)6/h9-10,14H,7-8H2,1-6H3. The van der Waals surface area contributed by atoms with Crippen molar-refractivity contribution in [3.63, 3.8) is 0 Å². The van der Waals surface area contributed by atoms with Crippen LogP contribution in [0.25, 0.3) is 0 Å². The fourth-order valence-corrected chi connectivity index (χ4v) is 2.50. The van der Waals surface area contributed by atoms with Gasteiger partial charge in [-0.2, -0.15) is 0 Å². The maximum absolute atomic E-state index is 4.73. The SMILES string of the molecule is CC(C)Cc1nc(N(C)C)sc1CNC(C)C. The second-order valence-electron chi connectivity index (χ2n) is 5.39. The summed E-state index contributed by atoms with van der Waals surface area (Å²) in [5.74, 6) is 0.657. The first-order chi connectivity index (χ1) is 7.90. The van der Waals surface area contributed by atoms with Gasteiger partial charge in [0, 0.05) is 31.6 Å². The number of rotatable bonds is 6. The third kappa shape index (κ3) is 4.64. The summed E-state index contributed by atoms with van der Waals surface area (Å²) in [4.78, 5) is 8.21. The average molecular weight is 255 g/mol. The Morgan fingerprint density at radius 2 is 1.88 bits per heavy atom. The Morgan fingerprint density at radius 3 is 2.35 bits per heavy atom. The molecule has 1 aromatic rings. The monoisotopic (exact) mass is 255 g/mol. The van der Waals surface area contributed by atoms with Crippen molar-refractivity contribution in [2.24, 2.45) is 5.92 Å². The van der Waals surface area contributed by atoms with Crippen LogP contribution in [0.4, 0.5) is 5.13 Å². The van der Waals surface area contributed by atoms with Crippen LogP contribution >= 0.6 is 11.3 Å². The lowest BCUT2D eigenvalue weighted by molar-refractivity contribution is 0.581. The van der Waals surface area contributed by atoms with Crippen molar-refractivity contribution in [2.75, 3.05) is 19.0 Å². The molecule has 0 spiro atoms. The number of thiazole rings is 1. The molecule has 0 bridgehead atoms. The molecule has 0 saturated heterocycles. The minimum atomic E-state index is 0.520. The van der Waals surface area contributed by atoms with Crippen molar-refractivity contribution >= 4 is 16.5 Å². The van der Waals surface area contributed by atoms with Gasteiger partial charge in [-0.3, -0.25) is 0 Å². The lowest BCUT2D eigenvalue weighted by atomic mass is 10.1. The fourth-order valence-electron chi connectivity index (χ4n) is 1.54. The second kappa shape index (κ2) is 6.36. The summed E-state index contributed by atoms with van der Waals surface area (Å²) in [6.07, 6.45) is 1.07. The van der Waals surface area contributed by atoms with Gasteiger partial charge in [0.15, 0.2) is 5.13 Å². The number of hydrogen-bond acceptors (Lipinski definition) is 4. The molecule has 0 atom stereocenters. The molecule has 3 nitrogen and oxygen atoms in total. The first-order valence-electron chi connectivity index (χ1n) is 6.29. The molecule has 0 unspecified atom stereocenters. The summed E-state index contributed by atoms with van der Waals surface area (Å²) < 4.78 is 0. The van der Waals surface area contributed by atoms with Crippen LogP contribution in [0.2, 0.25) is 0 Å². The third-order valence-corrected chi connectivity index (χ3v) is 3.69. The Balaban J connectivity index is 2.83. The number of anilines is 1. The summed E-state index contributed by atoms with van der Waals surface area (Å²) >= 11 is 1.80. The van der Waals surface area contributed by atoms with E-state index in [2.05, 4.69) is 52.0 Å². The molecular weight excluding hydrogens is 230 g/mol. The maximum Gasteiger partial charge on any atom is 0.185 e. The highest BCUT2D eigenvalue weighted by Gasteiger charge is 2.13. The van der Waals surface area contributed by atoms with Gasteiger partial charge in [-0.1, -0.05) is 27.7 Å². The normalized spacial score (nSPS) is 11.5. The zero-order valence-electron chi connectivity index (χ0n) is 11.9. The third-order valence-electron chi connectivity index (χ3n) is 2.42. The molecule has 0 aliphatic carbocycles. The van der Waals surface area contributed by atoms with E-state index in [1.54, 1.807) is 11.3 Å². The molecule has 98 valence electrons. The highest BCUT2D eigenvalue weighted by atomic mass is 32.1. The van der Waals surface area contributed by atoms with Crippen LogP contribution in [0, 0.1) is 5.92 Å². The Hall–Kier alpha value is -0.610. The number of nitrogens with zero attached hydrogens (tertiary/aromatic N) is 2. The number of hydrogen-bond donors (Lipinski definition) is 1. The Kier molecular flexibility index (Phi) is 5.40. The van der Waals surface area contributed by atoms with Crippen LogP contribution in [0.1, 0.15) is 38.3 Å². The predicted molar refractivity (Wildman–Crippen MR) is 77.0 cm³/mol. The van der Waals surface area contributed by atoms with Gasteiger partial charge < -0.3 is 10.2 Å². The van der Waals surface area contributed by atoms with Crippen LogP contribution < -0.4 is 10.2 Å². The van der Waals surface area contributed by atoms with E-state index in [0.717, 1.165) is 18.1 Å². The lowest BCUT2D eigenvalue weighted by Gasteiger charge is -2.08. The molecule has 0 aliphatic rings. The molecule has 0 amide bonds. The Morgan fingerprint density at radius 1 is 1.24 bits per heavy atom. The maximum atomic E-state index is 4.73. The van der Waals surface area contributed by atoms with Crippen molar-refractivity contribution < 1.29 is 0 Å². The fraction of sp³-hybridized carbons (Fsp3) is 0.769. The van der Waals surface area contributed by atoms with Gasteiger partial charge >= 0.3 is 0 Å².